The van der Waals surface area contributed by atoms with Crippen LogP contribution in [0, 0.1) is 0 Å². The lowest BCUT2D eigenvalue weighted by Crippen LogP contribution is -1.71. The fourth-order valence-corrected chi connectivity index (χ4v) is 4.19. The maximum Gasteiger partial charge on any atom is 0.0493 e. The number of hydrogen-bond acceptors (Lipinski definition) is 2. The predicted octanol–water partition coefficient (Wildman–Crippen LogP) is 7.88. The number of benzene rings is 2. The monoisotopic (exact) mass is 388 g/mol. The molecule has 1 aliphatic rings. The van der Waals surface area contributed by atoms with Gasteiger partial charge in [0.15, 0.2) is 0 Å². The number of hydrogen-bond donors (Lipinski definition) is 0. The Morgan fingerprint density at radius 3 is 1.92 bits per heavy atom. The SMILES string of the molecule is Clc1ccc(/C=C/C=C2\SC=C(/C=C/c3ccc(Cl)cc3)S2)cc1. The van der Waals surface area contributed by atoms with Crippen LogP contribution in [0.15, 0.2) is 81.3 Å². The molecular formula is C20H14Cl2S2. The van der Waals surface area contributed by atoms with Crippen molar-refractivity contribution in [3.05, 3.63) is 102 Å². The highest BCUT2D eigenvalue weighted by atomic mass is 35.5. The van der Waals surface area contributed by atoms with Gasteiger partial charge >= 0.3 is 0 Å². The first-order chi connectivity index (χ1) is 11.7. The third kappa shape index (κ3) is 5.35. The summed E-state index contributed by atoms with van der Waals surface area (Å²) < 4.78 is 1.26. The Morgan fingerprint density at radius 1 is 0.708 bits per heavy atom. The summed E-state index contributed by atoms with van der Waals surface area (Å²) in [5, 5.41) is 3.68. The first-order valence-electron chi connectivity index (χ1n) is 7.31. The van der Waals surface area contributed by atoms with Crippen LogP contribution < -0.4 is 0 Å². The second kappa shape index (κ2) is 8.68. The molecule has 0 bridgehead atoms. The van der Waals surface area contributed by atoms with Crippen molar-refractivity contribution < 1.29 is 0 Å². The van der Waals surface area contributed by atoms with Crippen LogP contribution in [0.5, 0.6) is 0 Å². The normalized spacial score (nSPS) is 16.4. The summed E-state index contributed by atoms with van der Waals surface area (Å²) >= 11 is 15.3. The summed E-state index contributed by atoms with van der Waals surface area (Å²) in [5.74, 6) is 0. The van der Waals surface area contributed by atoms with Crippen LogP contribution in [0.2, 0.25) is 10.0 Å². The lowest BCUT2D eigenvalue weighted by atomic mass is 10.2. The number of halogens is 2. The van der Waals surface area contributed by atoms with Gasteiger partial charge in [-0.15, -0.1) is 0 Å². The molecule has 0 amide bonds. The van der Waals surface area contributed by atoms with Gasteiger partial charge in [-0.05, 0) is 53.0 Å². The van der Waals surface area contributed by atoms with E-state index < -0.39 is 0 Å². The molecule has 0 N–H and O–H groups in total. The Bertz CT molecular complexity index is 814. The van der Waals surface area contributed by atoms with Crippen molar-refractivity contribution >= 4 is 58.9 Å². The molecule has 0 atom stereocenters. The third-order valence-electron chi connectivity index (χ3n) is 3.21. The Hall–Kier alpha value is -1.32. The number of allylic oxidation sites excluding steroid dienone is 3. The van der Waals surface area contributed by atoms with Gasteiger partial charge in [0.25, 0.3) is 0 Å². The van der Waals surface area contributed by atoms with E-state index in [0.717, 1.165) is 21.2 Å². The van der Waals surface area contributed by atoms with Crippen LogP contribution in [0.25, 0.3) is 12.2 Å². The highest BCUT2D eigenvalue weighted by molar-refractivity contribution is 8.28. The second-order valence-corrected chi connectivity index (χ2v) is 8.18. The first-order valence-corrected chi connectivity index (χ1v) is 9.76. The molecule has 3 rings (SSSR count). The van der Waals surface area contributed by atoms with Crippen LogP contribution in [0.1, 0.15) is 11.1 Å². The van der Waals surface area contributed by atoms with E-state index in [0.29, 0.717) is 0 Å². The maximum atomic E-state index is 5.90. The molecule has 1 aliphatic heterocycles. The minimum atomic E-state index is 0.758. The highest BCUT2D eigenvalue weighted by Crippen LogP contribution is 2.44. The maximum absolute atomic E-state index is 5.90. The van der Waals surface area contributed by atoms with Crippen LogP contribution in [-0.4, -0.2) is 0 Å². The highest BCUT2D eigenvalue weighted by Gasteiger charge is 2.08. The Balaban J connectivity index is 1.56. The summed E-state index contributed by atoms with van der Waals surface area (Å²) in [7, 11) is 0. The molecule has 0 aliphatic carbocycles. The van der Waals surface area contributed by atoms with Gasteiger partial charge in [-0.25, -0.2) is 0 Å². The molecule has 0 radical (unpaired) electrons. The molecule has 24 heavy (non-hydrogen) atoms. The first kappa shape index (κ1) is 17.5. The summed E-state index contributed by atoms with van der Waals surface area (Å²) in [4.78, 5) is 1.24. The Labute approximate surface area is 160 Å². The smallest absolute Gasteiger partial charge is 0.0493 e. The van der Waals surface area contributed by atoms with E-state index in [9.17, 15) is 0 Å². The van der Waals surface area contributed by atoms with Gasteiger partial charge < -0.3 is 0 Å². The fraction of sp³-hybridized carbons (Fsp3) is 0. The number of thioether (sulfide) groups is 2. The summed E-state index contributed by atoms with van der Waals surface area (Å²) in [6.45, 7) is 0. The van der Waals surface area contributed by atoms with E-state index in [1.54, 1.807) is 23.5 Å². The molecule has 0 saturated carbocycles. The molecule has 4 heteroatoms. The summed E-state index contributed by atoms with van der Waals surface area (Å²) in [5.41, 5.74) is 2.28. The molecule has 1 heterocycles. The van der Waals surface area contributed by atoms with Crippen molar-refractivity contribution in [2.24, 2.45) is 0 Å². The van der Waals surface area contributed by atoms with Crippen molar-refractivity contribution in [3.8, 4) is 0 Å². The summed E-state index contributed by atoms with van der Waals surface area (Å²) in [6, 6.07) is 15.6. The van der Waals surface area contributed by atoms with Crippen molar-refractivity contribution in [2.75, 3.05) is 0 Å². The van der Waals surface area contributed by atoms with Crippen LogP contribution in [-0.2, 0) is 0 Å². The van der Waals surface area contributed by atoms with Gasteiger partial charge in [-0.1, -0.05) is 89.2 Å². The molecule has 2 aromatic rings. The molecule has 0 spiro atoms. The lowest BCUT2D eigenvalue weighted by molar-refractivity contribution is 1.66. The Morgan fingerprint density at radius 2 is 1.29 bits per heavy atom. The molecular weight excluding hydrogens is 375 g/mol. The second-order valence-electron chi connectivity index (χ2n) is 5.02. The molecule has 0 fully saturated rings. The van der Waals surface area contributed by atoms with Crippen molar-refractivity contribution in [1.29, 1.82) is 0 Å². The van der Waals surface area contributed by atoms with Gasteiger partial charge in [0.1, 0.15) is 0 Å². The van der Waals surface area contributed by atoms with E-state index >= 15 is 0 Å². The van der Waals surface area contributed by atoms with Crippen molar-refractivity contribution in [2.45, 2.75) is 0 Å². The van der Waals surface area contributed by atoms with Gasteiger partial charge in [-0.3, -0.25) is 0 Å². The molecule has 0 saturated heterocycles. The van der Waals surface area contributed by atoms with E-state index in [1.807, 2.05) is 48.5 Å². The Kier molecular flexibility index (Phi) is 6.33. The van der Waals surface area contributed by atoms with E-state index in [4.69, 9.17) is 23.2 Å². The quantitative estimate of drug-likeness (QED) is 0.522. The standard InChI is InChI=1S/C20H14Cl2S2/c21-17-9-4-15(5-10-17)2-1-3-20-23-14-19(24-20)13-8-16-6-11-18(22)12-7-16/h1-14H/b2-1+,13-8+,20-3+. The topological polar surface area (TPSA) is 0 Å². The zero-order chi connectivity index (χ0) is 16.8. The van der Waals surface area contributed by atoms with Crippen molar-refractivity contribution in [3.63, 3.8) is 0 Å². The molecule has 0 unspecified atom stereocenters. The van der Waals surface area contributed by atoms with Gasteiger partial charge in [0, 0.05) is 19.2 Å². The lowest BCUT2D eigenvalue weighted by Gasteiger charge is -1.95. The van der Waals surface area contributed by atoms with Crippen LogP contribution >= 0.6 is 46.7 Å². The van der Waals surface area contributed by atoms with Crippen LogP contribution in [0.4, 0.5) is 0 Å². The van der Waals surface area contributed by atoms with Gasteiger partial charge in [0.2, 0.25) is 0 Å². The third-order valence-corrected chi connectivity index (χ3v) is 5.97. The van der Waals surface area contributed by atoms with Crippen molar-refractivity contribution in [1.82, 2.24) is 0 Å². The zero-order valence-electron chi connectivity index (χ0n) is 12.7. The molecule has 120 valence electrons. The minimum absolute atomic E-state index is 0.758. The zero-order valence-corrected chi connectivity index (χ0v) is 15.8. The predicted molar refractivity (Wildman–Crippen MR) is 112 cm³/mol. The average molecular weight is 389 g/mol. The summed E-state index contributed by atoms with van der Waals surface area (Å²) in [6.07, 6.45) is 10.5. The largest absolute Gasteiger partial charge is 0.0895 e. The minimum Gasteiger partial charge on any atom is -0.0895 e. The van der Waals surface area contributed by atoms with E-state index in [1.165, 1.54) is 9.14 Å². The number of rotatable bonds is 4. The van der Waals surface area contributed by atoms with Gasteiger partial charge in [0.05, 0.1) is 0 Å². The van der Waals surface area contributed by atoms with Crippen LogP contribution in [0.3, 0.4) is 0 Å². The van der Waals surface area contributed by atoms with Gasteiger partial charge in [-0.2, -0.15) is 0 Å². The fourth-order valence-electron chi connectivity index (χ4n) is 1.99. The molecule has 0 aromatic heterocycles. The molecule has 0 nitrogen and oxygen atoms in total. The average Bonchev–Trinajstić information content (AvgIpc) is 3.04. The van der Waals surface area contributed by atoms with E-state index in [2.05, 4.69) is 35.8 Å². The van der Waals surface area contributed by atoms with E-state index in [-0.39, 0.29) is 0 Å². The molecule has 2 aromatic carbocycles.